The van der Waals surface area contributed by atoms with Crippen molar-refractivity contribution in [3.05, 3.63) is 5.82 Å². The average Bonchev–Trinajstić information content (AvgIpc) is 2.80. The van der Waals surface area contributed by atoms with E-state index in [-0.39, 0.29) is 0 Å². The lowest BCUT2D eigenvalue weighted by atomic mass is 9.83. The largest absolute Gasteiger partial charge is 0.310 e. The van der Waals surface area contributed by atoms with E-state index in [1.807, 2.05) is 4.68 Å². The van der Waals surface area contributed by atoms with E-state index in [1.54, 1.807) is 0 Å². The lowest BCUT2D eigenvalue weighted by Crippen LogP contribution is -2.22. The molecule has 0 saturated heterocycles. The van der Waals surface area contributed by atoms with Gasteiger partial charge in [-0.2, -0.15) is 0 Å². The molecule has 0 aromatic carbocycles. The van der Waals surface area contributed by atoms with Gasteiger partial charge in [-0.25, -0.2) is 4.68 Å². The van der Waals surface area contributed by atoms with Gasteiger partial charge in [0.25, 0.3) is 0 Å². The van der Waals surface area contributed by atoms with Crippen LogP contribution in [0.3, 0.4) is 0 Å². The van der Waals surface area contributed by atoms with Crippen molar-refractivity contribution in [2.75, 3.05) is 6.54 Å². The summed E-state index contributed by atoms with van der Waals surface area (Å²) in [5, 5.41) is 15.4. The SMILES string of the molecule is CCCNCc1nnnn1CC1CCC(C)CC1. The second kappa shape index (κ2) is 6.83. The summed E-state index contributed by atoms with van der Waals surface area (Å²) in [4.78, 5) is 0. The van der Waals surface area contributed by atoms with Crippen molar-refractivity contribution in [1.82, 2.24) is 25.5 Å². The predicted molar refractivity (Wildman–Crippen MR) is 70.9 cm³/mol. The second-order valence-electron chi connectivity index (χ2n) is 5.58. The predicted octanol–water partition coefficient (Wildman–Crippen LogP) is 2.00. The molecule has 0 amide bonds. The Kier molecular flexibility index (Phi) is 5.11. The number of aromatic nitrogens is 4. The normalized spacial score (nSPS) is 24.3. The van der Waals surface area contributed by atoms with Crippen LogP contribution in [0, 0.1) is 11.8 Å². The molecule has 0 aliphatic heterocycles. The molecule has 0 atom stereocenters. The molecule has 0 spiro atoms. The Morgan fingerprint density at radius 1 is 1.28 bits per heavy atom. The number of hydrogen-bond acceptors (Lipinski definition) is 4. The summed E-state index contributed by atoms with van der Waals surface area (Å²) in [5.74, 6) is 2.64. The Labute approximate surface area is 109 Å². The Hall–Kier alpha value is -0.970. The number of tetrazole rings is 1. The summed E-state index contributed by atoms with van der Waals surface area (Å²) in [5.41, 5.74) is 0. The molecule has 5 nitrogen and oxygen atoms in total. The first-order valence-electron chi connectivity index (χ1n) is 7.25. The van der Waals surface area contributed by atoms with Gasteiger partial charge in [0.2, 0.25) is 0 Å². The molecule has 1 aliphatic carbocycles. The first-order chi connectivity index (χ1) is 8.79. The first-order valence-corrected chi connectivity index (χ1v) is 7.25. The van der Waals surface area contributed by atoms with Gasteiger partial charge in [-0.3, -0.25) is 0 Å². The van der Waals surface area contributed by atoms with Crippen LogP contribution >= 0.6 is 0 Å². The third-order valence-electron chi connectivity index (χ3n) is 3.88. The molecular formula is C13H25N5. The van der Waals surface area contributed by atoms with Gasteiger partial charge in [0, 0.05) is 6.54 Å². The molecule has 1 aromatic heterocycles. The maximum Gasteiger partial charge on any atom is 0.165 e. The fourth-order valence-electron chi connectivity index (χ4n) is 2.62. The molecule has 1 N–H and O–H groups in total. The minimum Gasteiger partial charge on any atom is -0.310 e. The van der Waals surface area contributed by atoms with Crippen LogP contribution in [0.5, 0.6) is 0 Å². The van der Waals surface area contributed by atoms with Crippen molar-refractivity contribution >= 4 is 0 Å². The summed E-state index contributed by atoms with van der Waals surface area (Å²) in [6, 6.07) is 0. The van der Waals surface area contributed by atoms with Crippen molar-refractivity contribution in [2.24, 2.45) is 11.8 Å². The van der Waals surface area contributed by atoms with E-state index in [9.17, 15) is 0 Å². The fraction of sp³-hybridized carbons (Fsp3) is 0.923. The Bertz CT molecular complexity index is 341. The zero-order valence-corrected chi connectivity index (χ0v) is 11.6. The summed E-state index contributed by atoms with van der Waals surface area (Å²) in [6.45, 7) is 7.31. The maximum atomic E-state index is 4.12. The highest BCUT2D eigenvalue weighted by Crippen LogP contribution is 2.29. The molecule has 0 unspecified atom stereocenters. The van der Waals surface area contributed by atoms with Crippen LogP contribution in [0.25, 0.3) is 0 Å². The van der Waals surface area contributed by atoms with Crippen LogP contribution in [0.15, 0.2) is 0 Å². The monoisotopic (exact) mass is 251 g/mol. The third-order valence-corrected chi connectivity index (χ3v) is 3.88. The van der Waals surface area contributed by atoms with Gasteiger partial charge >= 0.3 is 0 Å². The van der Waals surface area contributed by atoms with Crippen molar-refractivity contribution in [2.45, 2.75) is 59.0 Å². The highest BCUT2D eigenvalue weighted by molar-refractivity contribution is 4.81. The maximum absolute atomic E-state index is 4.12. The summed E-state index contributed by atoms with van der Waals surface area (Å²) >= 11 is 0. The zero-order valence-electron chi connectivity index (χ0n) is 11.6. The molecule has 18 heavy (non-hydrogen) atoms. The Balaban J connectivity index is 1.83. The molecule has 1 saturated carbocycles. The van der Waals surface area contributed by atoms with Crippen LogP contribution in [-0.2, 0) is 13.1 Å². The first kappa shape index (κ1) is 13.5. The van der Waals surface area contributed by atoms with Crippen LogP contribution in [0.2, 0.25) is 0 Å². The van der Waals surface area contributed by atoms with E-state index in [1.165, 1.54) is 25.7 Å². The summed E-state index contributed by atoms with van der Waals surface area (Å²) in [6.07, 6.45) is 6.50. The smallest absolute Gasteiger partial charge is 0.165 e. The van der Waals surface area contributed by atoms with E-state index < -0.39 is 0 Å². The Morgan fingerprint density at radius 2 is 2.06 bits per heavy atom. The van der Waals surface area contributed by atoms with E-state index in [0.29, 0.717) is 0 Å². The minimum atomic E-state index is 0.759. The highest BCUT2D eigenvalue weighted by Gasteiger charge is 2.20. The van der Waals surface area contributed by atoms with Crippen molar-refractivity contribution < 1.29 is 0 Å². The third kappa shape index (κ3) is 3.77. The van der Waals surface area contributed by atoms with Gasteiger partial charge in [-0.15, -0.1) is 5.10 Å². The van der Waals surface area contributed by atoms with Gasteiger partial charge in [-0.05, 0) is 48.1 Å². The molecule has 1 heterocycles. The van der Waals surface area contributed by atoms with E-state index in [4.69, 9.17) is 0 Å². The van der Waals surface area contributed by atoms with Crippen LogP contribution in [0.1, 0.15) is 51.8 Å². The minimum absolute atomic E-state index is 0.759. The Morgan fingerprint density at radius 3 is 2.78 bits per heavy atom. The molecule has 5 heteroatoms. The van der Waals surface area contributed by atoms with Gasteiger partial charge < -0.3 is 5.32 Å². The van der Waals surface area contributed by atoms with Crippen LogP contribution in [-0.4, -0.2) is 26.8 Å². The average molecular weight is 251 g/mol. The molecular weight excluding hydrogens is 226 g/mol. The molecule has 102 valence electrons. The van der Waals surface area contributed by atoms with E-state index in [0.717, 1.165) is 43.7 Å². The lowest BCUT2D eigenvalue weighted by molar-refractivity contribution is 0.253. The van der Waals surface area contributed by atoms with E-state index >= 15 is 0 Å². The zero-order chi connectivity index (χ0) is 12.8. The second-order valence-corrected chi connectivity index (χ2v) is 5.58. The van der Waals surface area contributed by atoms with Crippen LogP contribution in [0.4, 0.5) is 0 Å². The van der Waals surface area contributed by atoms with Gasteiger partial charge in [-0.1, -0.05) is 26.7 Å². The standard InChI is InChI=1S/C13H25N5/c1-3-8-14-9-13-15-16-17-18(13)10-12-6-4-11(2)5-7-12/h11-12,14H,3-10H2,1-2H3. The number of nitrogens with zero attached hydrogens (tertiary/aromatic N) is 4. The molecule has 2 rings (SSSR count). The van der Waals surface area contributed by atoms with Gasteiger partial charge in [0.15, 0.2) is 5.82 Å². The van der Waals surface area contributed by atoms with Crippen molar-refractivity contribution in [1.29, 1.82) is 0 Å². The molecule has 0 radical (unpaired) electrons. The van der Waals surface area contributed by atoms with Gasteiger partial charge in [0.05, 0.1) is 6.54 Å². The van der Waals surface area contributed by atoms with Crippen molar-refractivity contribution in [3.8, 4) is 0 Å². The lowest BCUT2D eigenvalue weighted by Gasteiger charge is -2.26. The quantitative estimate of drug-likeness (QED) is 0.786. The molecule has 0 bridgehead atoms. The summed E-state index contributed by atoms with van der Waals surface area (Å²) < 4.78 is 1.99. The topological polar surface area (TPSA) is 55.6 Å². The van der Waals surface area contributed by atoms with Crippen molar-refractivity contribution in [3.63, 3.8) is 0 Å². The van der Waals surface area contributed by atoms with E-state index in [2.05, 4.69) is 34.7 Å². The number of nitrogens with one attached hydrogen (secondary N) is 1. The fourth-order valence-corrected chi connectivity index (χ4v) is 2.62. The highest BCUT2D eigenvalue weighted by atomic mass is 15.5. The number of hydrogen-bond donors (Lipinski definition) is 1. The number of rotatable bonds is 6. The molecule has 1 aromatic rings. The molecule has 1 fully saturated rings. The van der Waals surface area contributed by atoms with Crippen LogP contribution < -0.4 is 5.32 Å². The summed E-state index contributed by atoms with van der Waals surface area (Å²) in [7, 11) is 0. The van der Waals surface area contributed by atoms with Gasteiger partial charge in [0.1, 0.15) is 0 Å². The molecule has 1 aliphatic rings.